The minimum absolute atomic E-state index is 0.0118. The van der Waals surface area contributed by atoms with Gasteiger partial charge in [-0.05, 0) is 44.0 Å². The molecule has 2 fully saturated rings. The van der Waals surface area contributed by atoms with Crippen molar-refractivity contribution in [3.8, 4) is 11.6 Å². The van der Waals surface area contributed by atoms with Crippen molar-refractivity contribution in [1.82, 2.24) is 4.98 Å². The number of pyridine rings is 1. The van der Waals surface area contributed by atoms with Crippen LogP contribution in [-0.2, 0) is 14.3 Å². The minimum Gasteiger partial charge on any atom is -0.490 e. The van der Waals surface area contributed by atoms with Gasteiger partial charge < -0.3 is 33.9 Å². The van der Waals surface area contributed by atoms with Gasteiger partial charge in [0.2, 0.25) is 5.88 Å². The van der Waals surface area contributed by atoms with Gasteiger partial charge in [-0.2, -0.15) is 0 Å². The predicted molar refractivity (Wildman–Crippen MR) is 161 cm³/mol. The summed E-state index contributed by atoms with van der Waals surface area (Å²) in [6.07, 6.45) is 4.52. The molecule has 1 aromatic carbocycles. The number of carboxylic acids is 1. The minimum atomic E-state index is -0.795. The van der Waals surface area contributed by atoms with Gasteiger partial charge in [0.15, 0.2) is 0 Å². The number of hydrogen-bond donors (Lipinski definition) is 1. The third kappa shape index (κ3) is 8.17. The number of anilines is 2. The van der Waals surface area contributed by atoms with E-state index in [0.29, 0.717) is 24.1 Å². The van der Waals surface area contributed by atoms with Gasteiger partial charge in [0.25, 0.3) is 0 Å². The van der Waals surface area contributed by atoms with Crippen LogP contribution in [0.1, 0.15) is 46.5 Å². The molecule has 226 valence electrons. The number of halogens is 1. The van der Waals surface area contributed by atoms with Crippen molar-refractivity contribution in [2.45, 2.75) is 64.7 Å². The van der Waals surface area contributed by atoms with E-state index in [4.69, 9.17) is 30.5 Å². The molecule has 0 radical (unpaired) electrons. The highest BCUT2D eigenvalue weighted by Gasteiger charge is 2.41. The number of methoxy groups -OCH3 is 1. The zero-order chi connectivity index (χ0) is 29.4. The number of carbonyl (C=O) groups is 1. The van der Waals surface area contributed by atoms with Crippen LogP contribution in [0.4, 0.5) is 11.4 Å². The molecular weight excluding hydrogens is 546 g/mol. The van der Waals surface area contributed by atoms with E-state index in [9.17, 15) is 9.90 Å². The molecule has 0 spiro atoms. The zero-order valence-electron chi connectivity index (χ0n) is 24.6. The van der Waals surface area contributed by atoms with Crippen molar-refractivity contribution < 1.29 is 28.8 Å². The van der Waals surface area contributed by atoms with Gasteiger partial charge in [-0.3, -0.25) is 4.79 Å². The second-order valence-corrected chi connectivity index (χ2v) is 11.4. The number of piperidine rings is 1. The molecule has 3 heterocycles. The largest absolute Gasteiger partial charge is 0.490 e. The first-order valence-electron chi connectivity index (χ1n) is 14.7. The van der Waals surface area contributed by atoms with Crippen LogP contribution in [0.2, 0.25) is 5.02 Å². The Labute approximate surface area is 248 Å². The van der Waals surface area contributed by atoms with Gasteiger partial charge in [0.1, 0.15) is 11.9 Å². The van der Waals surface area contributed by atoms with Crippen LogP contribution in [0.5, 0.6) is 11.6 Å². The summed E-state index contributed by atoms with van der Waals surface area (Å²) >= 11 is 6.43. The average molecular weight is 590 g/mol. The van der Waals surface area contributed by atoms with Gasteiger partial charge in [-0.15, -0.1) is 0 Å². The van der Waals surface area contributed by atoms with E-state index in [2.05, 4.69) is 28.6 Å². The fourth-order valence-electron chi connectivity index (χ4n) is 5.86. The highest BCUT2D eigenvalue weighted by Crippen LogP contribution is 2.36. The maximum absolute atomic E-state index is 11.7. The molecule has 1 aromatic heterocycles. The number of aromatic nitrogens is 1. The molecule has 0 amide bonds. The van der Waals surface area contributed by atoms with Crippen LogP contribution in [0, 0.1) is 11.8 Å². The lowest BCUT2D eigenvalue weighted by Gasteiger charge is -2.38. The predicted octanol–water partition coefficient (Wildman–Crippen LogP) is 5.54. The van der Waals surface area contributed by atoms with Gasteiger partial charge >= 0.3 is 5.97 Å². The van der Waals surface area contributed by atoms with Crippen molar-refractivity contribution in [3.05, 3.63) is 41.6 Å². The molecule has 5 atom stereocenters. The third-order valence-electron chi connectivity index (χ3n) is 8.22. The normalized spacial score (nSPS) is 24.5. The Bertz CT molecular complexity index is 1120. The molecule has 1 N–H and O–H groups in total. The summed E-state index contributed by atoms with van der Waals surface area (Å²) in [7, 11) is 1.60. The fraction of sp³-hybridized carbons (Fsp3) is 0.613. The monoisotopic (exact) mass is 589 g/mol. The Kier molecular flexibility index (Phi) is 11.4. The summed E-state index contributed by atoms with van der Waals surface area (Å²) < 4.78 is 23.3. The Hall–Kier alpha value is -2.75. The summed E-state index contributed by atoms with van der Waals surface area (Å²) in [4.78, 5) is 20.3. The first kappa shape index (κ1) is 31.2. The summed E-state index contributed by atoms with van der Waals surface area (Å²) in [6, 6.07) is 9.79. The topological polar surface area (TPSA) is 93.6 Å². The Balaban J connectivity index is 1.34. The number of hydrogen-bond acceptors (Lipinski definition) is 8. The van der Waals surface area contributed by atoms with Crippen molar-refractivity contribution in [1.29, 1.82) is 0 Å². The Morgan fingerprint density at radius 3 is 2.56 bits per heavy atom. The molecule has 9 nitrogen and oxygen atoms in total. The molecule has 0 bridgehead atoms. The molecule has 0 saturated carbocycles. The first-order chi connectivity index (χ1) is 19.8. The zero-order valence-corrected chi connectivity index (χ0v) is 25.4. The van der Waals surface area contributed by atoms with Gasteiger partial charge in [-0.25, -0.2) is 4.98 Å². The third-order valence-corrected chi connectivity index (χ3v) is 8.51. The highest BCUT2D eigenvalue weighted by atomic mass is 35.5. The van der Waals surface area contributed by atoms with E-state index < -0.39 is 5.97 Å². The first-order valence-corrected chi connectivity index (χ1v) is 15.1. The van der Waals surface area contributed by atoms with Crippen molar-refractivity contribution in [3.63, 3.8) is 0 Å². The average Bonchev–Trinajstić information content (AvgIpc) is 3.26. The van der Waals surface area contributed by atoms with E-state index in [1.807, 2.05) is 37.3 Å². The lowest BCUT2D eigenvalue weighted by Crippen LogP contribution is -2.44. The van der Waals surface area contributed by atoms with E-state index >= 15 is 0 Å². The quantitative estimate of drug-likeness (QED) is 0.285. The molecule has 2 saturated heterocycles. The molecule has 41 heavy (non-hydrogen) atoms. The van der Waals surface area contributed by atoms with Gasteiger partial charge in [0.05, 0.1) is 36.5 Å². The summed E-state index contributed by atoms with van der Waals surface area (Å²) in [5, 5.41) is 10.2. The van der Waals surface area contributed by atoms with Crippen LogP contribution in [0.25, 0.3) is 0 Å². The highest BCUT2D eigenvalue weighted by molar-refractivity contribution is 6.33. The summed E-state index contributed by atoms with van der Waals surface area (Å²) in [5.74, 6) is 0.949. The summed E-state index contributed by atoms with van der Waals surface area (Å²) in [5.41, 5.74) is 1.92. The van der Waals surface area contributed by atoms with Gasteiger partial charge in [0, 0.05) is 75.5 Å². The lowest BCUT2D eigenvalue weighted by atomic mass is 9.96. The molecule has 2 unspecified atom stereocenters. The molecule has 10 heteroatoms. The number of benzene rings is 1. The number of aliphatic carboxylic acids is 1. The Morgan fingerprint density at radius 1 is 1.12 bits per heavy atom. The Morgan fingerprint density at radius 2 is 1.88 bits per heavy atom. The fourth-order valence-corrected chi connectivity index (χ4v) is 6.08. The maximum atomic E-state index is 11.7. The second kappa shape index (κ2) is 14.9. The van der Waals surface area contributed by atoms with Crippen molar-refractivity contribution in [2.24, 2.45) is 11.8 Å². The van der Waals surface area contributed by atoms with Crippen LogP contribution >= 0.6 is 11.6 Å². The molecular formula is C31H44ClN3O6. The summed E-state index contributed by atoms with van der Waals surface area (Å²) in [6.45, 7) is 10.7. The van der Waals surface area contributed by atoms with Gasteiger partial charge in [-0.1, -0.05) is 25.4 Å². The number of carboxylic acid groups (broad SMARTS) is 1. The van der Waals surface area contributed by atoms with Crippen LogP contribution < -0.4 is 19.3 Å². The smallest absolute Gasteiger partial charge is 0.305 e. The molecule has 2 aromatic rings. The van der Waals surface area contributed by atoms with Crippen LogP contribution in [-0.4, -0.2) is 80.9 Å². The van der Waals surface area contributed by atoms with E-state index in [1.54, 1.807) is 13.3 Å². The number of rotatable bonds is 14. The number of unbranched alkanes of at least 4 members (excludes halogenated alkanes) is 1. The SMILES string of the molecule is CCOCCCCO[C@H]1CN(c2ccc(OC3CCN(c4cc(OC)ncc4Cl)CC3C)cc2)[C@@H](CC(=O)O)[C@@H]1C. The second-order valence-electron chi connectivity index (χ2n) is 11.0. The van der Waals surface area contributed by atoms with Crippen molar-refractivity contribution in [2.75, 3.05) is 56.4 Å². The molecule has 0 aliphatic carbocycles. The number of nitrogens with zero attached hydrogens (tertiary/aromatic N) is 3. The molecule has 2 aliphatic rings. The molecule has 4 rings (SSSR count). The number of ether oxygens (including phenoxy) is 4. The van der Waals surface area contributed by atoms with E-state index in [0.717, 1.165) is 62.7 Å². The molecule has 2 aliphatic heterocycles. The van der Waals surface area contributed by atoms with E-state index in [-0.39, 0.29) is 36.5 Å². The van der Waals surface area contributed by atoms with Crippen LogP contribution in [0.3, 0.4) is 0 Å². The standard InChI is InChI=1S/C31H44ClN3O6/c1-5-39-14-6-7-15-40-29-20-35(26(22(29)3)17-31(36)37)23-8-10-24(11-9-23)41-28-12-13-34(19-21(28)2)27-16-30(38-4)33-18-25(27)32/h8-11,16,18,21-22,26,28-29H,5-7,12-15,17,19-20H2,1-4H3,(H,36,37)/t21?,22-,26-,28?,29-/m0/s1. The van der Waals surface area contributed by atoms with Crippen molar-refractivity contribution >= 4 is 28.9 Å². The van der Waals surface area contributed by atoms with Crippen LogP contribution in [0.15, 0.2) is 36.5 Å². The lowest BCUT2D eigenvalue weighted by molar-refractivity contribution is -0.137. The van der Waals surface area contributed by atoms with E-state index in [1.165, 1.54) is 0 Å². The maximum Gasteiger partial charge on any atom is 0.305 e.